The standard InChI is InChI=1S/C13H17N3O/c1-10-9-11(15-2)5-6-12(10)13(17)16(3)8-4-7-14/h5-6,9,15H,4,8H2,1-3H3. The fraction of sp³-hybridized carbons (Fsp3) is 0.385. The smallest absolute Gasteiger partial charge is 0.253 e. The summed E-state index contributed by atoms with van der Waals surface area (Å²) in [6.07, 6.45) is 0.357. The summed E-state index contributed by atoms with van der Waals surface area (Å²) in [4.78, 5) is 13.6. The summed E-state index contributed by atoms with van der Waals surface area (Å²) in [5.41, 5.74) is 2.61. The lowest BCUT2D eigenvalue weighted by atomic mass is 10.1. The molecule has 1 amide bonds. The number of anilines is 1. The van der Waals surface area contributed by atoms with Crippen molar-refractivity contribution in [3.05, 3.63) is 29.3 Å². The first kappa shape index (κ1) is 13.0. The van der Waals surface area contributed by atoms with Gasteiger partial charge in [-0.15, -0.1) is 0 Å². The molecule has 0 aromatic heterocycles. The van der Waals surface area contributed by atoms with Crippen LogP contribution in [-0.4, -0.2) is 31.4 Å². The summed E-state index contributed by atoms with van der Waals surface area (Å²) in [5.74, 6) is -0.0413. The van der Waals surface area contributed by atoms with Crippen molar-refractivity contribution in [3.63, 3.8) is 0 Å². The van der Waals surface area contributed by atoms with E-state index < -0.39 is 0 Å². The normalized spacial score (nSPS) is 9.53. The van der Waals surface area contributed by atoms with Crippen molar-refractivity contribution in [1.29, 1.82) is 5.26 Å². The number of nitrogens with one attached hydrogen (secondary N) is 1. The topological polar surface area (TPSA) is 56.1 Å². The van der Waals surface area contributed by atoms with Crippen LogP contribution in [0.5, 0.6) is 0 Å². The summed E-state index contributed by atoms with van der Waals surface area (Å²) in [5, 5.41) is 11.5. The number of carbonyl (C=O) groups excluding carboxylic acids is 1. The molecule has 0 aliphatic rings. The van der Waals surface area contributed by atoms with E-state index in [1.165, 1.54) is 0 Å². The van der Waals surface area contributed by atoms with E-state index >= 15 is 0 Å². The first-order chi connectivity index (χ1) is 8.10. The minimum absolute atomic E-state index is 0.0413. The zero-order valence-electron chi connectivity index (χ0n) is 10.4. The second kappa shape index (κ2) is 5.90. The Morgan fingerprint density at radius 3 is 2.76 bits per heavy atom. The Hall–Kier alpha value is -2.02. The van der Waals surface area contributed by atoms with Crippen LogP contribution in [0.4, 0.5) is 5.69 Å². The van der Waals surface area contributed by atoms with Gasteiger partial charge in [0.15, 0.2) is 0 Å². The minimum atomic E-state index is -0.0413. The molecule has 4 nitrogen and oxygen atoms in total. The van der Waals surface area contributed by atoms with Crippen LogP contribution >= 0.6 is 0 Å². The molecule has 0 radical (unpaired) electrons. The minimum Gasteiger partial charge on any atom is -0.388 e. The lowest BCUT2D eigenvalue weighted by Gasteiger charge is -2.17. The number of hydrogen-bond acceptors (Lipinski definition) is 3. The zero-order chi connectivity index (χ0) is 12.8. The first-order valence-corrected chi connectivity index (χ1v) is 5.51. The van der Waals surface area contributed by atoms with Crippen LogP contribution in [0.1, 0.15) is 22.3 Å². The number of nitriles is 1. The SMILES string of the molecule is CNc1ccc(C(=O)N(C)CCC#N)c(C)c1. The number of hydrogen-bond donors (Lipinski definition) is 1. The van der Waals surface area contributed by atoms with Gasteiger partial charge in [0.25, 0.3) is 5.91 Å². The van der Waals surface area contributed by atoms with E-state index in [1.807, 2.05) is 38.2 Å². The van der Waals surface area contributed by atoms with Crippen LogP contribution in [0, 0.1) is 18.3 Å². The maximum Gasteiger partial charge on any atom is 0.253 e. The fourth-order valence-electron chi connectivity index (χ4n) is 1.58. The van der Waals surface area contributed by atoms with Gasteiger partial charge in [-0.25, -0.2) is 0 Å². The van der Waals surface area contributed by atoms with Gasteiger partial charge in [0.05, 0.1) is 12.5 Å². The highest BCUT2D eigenvalue weighted by molar-refractivity contribution is 5.95. The van der Waals surface area contributed by atoms with Gasteiger partial charge in [0.2, 0.25) is 0 Å². The molecule has 0 atom stereocenters. The maximum atomic E-state index is 12.1. The van der Waals surface area contributed by atoms with Crippen molar-refractivity contribution in [2.45, 2.75) is 13.3 Å². The lowest BCUT2D eigenvalue weighted by Crippen LogP contribution is -2.28. The molecule has 0 bridgehead atoms. The van der Waals surface area contributed by atoms with E-state index in [0.29, 0.717) is 18.5 Å². The average molecular weight is 231 g/mol. The van der Waals surface area contributed by atoms with Gasteiger partial charge in [-0.3, -0.25) is 4.79 Å². The van der Waals surface area contributed by atoms with Crippen LogP contribution < -0.4 is 5.32 Å². The van der Waals surface area contributed by atoms with Crippen molar-refractivity contribution in [2.75, 3.05) is 26.0 Å². The summed E-state index contributed by atoms with van der Waals surface area (Å²) in [7, 11) is 3.56. The first-order valence-electron chi connectivity index (χ1n) is 5.51. The van der Waals surface area contributed by atoms with Crippen molar-refractivity contribution in [1.82, 2.24) is 4.90 Å². The number of nitrogens with zero attached hydrogens (tertiary/aromatic N) is 2. The Labute approximate surface area is 102 Å². The highest BCUT2D eigenvalue weighted by Gasteiger charge is 2.13. The Morgan fingerprint density at radius 1 is 1.53 bits per heavy atom. The number of benzene rings is 1. The highest BCUT2D eigenvalue weighted by atomic mass is 16.2. The summed E-state index contributed by atoms with van der Waals surface area (Å²) in [6, 6.07) is 7.66. The molecule has 0 aliphatic carbocycles. The van der Waals surface area contributed by atoms with Crippen molar-refractivity contribution in [2.24, 2.45) is 0 Å². The molecule has 1 rings (SSSR count). The number of carbonyl (C=O) groups is 1. The monoisotopic (exact) mass is 231 g/mol. The van der Waals surface area contributed by atoms with Crippen molar-refractivity contribution in [3.8, 4) is 6.07 Å². The van der Waals surface area contributed by atoms with E-state index in [9.17, 15) is 4.79 Å². The van der Waals surface area contributed by atoms with Gasteiger partial charge in [-0.1, -0.05) is 0 Å². The van der Waals surface area contributed by atoms with Gasteiger partial charge < -0.3 is 10.2 Å². The van der Waals surface area contributed by atoms with Gasteiger partial charge in [0.1, 0.15) is 0 Å². The van der Waals surface area contributed by atoms with Gasteiger partial charge in [0, 0.05) is 31.9 Å². The van der Waals surface area contributed by atoms with Crippen molar-refractivity contribution < 1.29 is 4.79 Å². The van der Waals surface area contributed by atoms with Gasteiger partial charge in [-0.05, 0) is 30.7 Å². The number of rotatable bonds is 4. The number of aryl methyl sites for hydroxylation is 1. The summed E-state index contributed by atoms with van der Waals surface area (Å²) in [6.45, 7) is 2.37. The molecule has 0 heterocycles. The van der Waals surface area contributed by atoms with E-state index in [-0.39, 0.29) is 5.91 Å². The molecule has 0 fully saturated rings. The molecular formula is C13H17N3O. The van der Waals surface area contributed by atoms with E-state index in [2.05, 4.69) is 5.32 Å². The molecule has 0 saturated heterocycles. The Bertz CT molecular complexity index is 448. The highest BCUT2D eigenvalue weighted by Crippen LogP contribution is 2.16. The van der Waals surface area contributed by atoms with Crippen LogP contribution in [-0.2, 0) is 0 Å². The van der Waals surface area contributed by atoms with E-state index in [1.54, 1.807) is 11.9 Å². The largest absolute Gasteiger partial charge is 0.388 e. The molecule has 1 aromatic carbocycles. The zero-order valence-corrected chi connectivity index (χ0v) is 10.4. The molecule has 0 spiro atoms. The molecule has 1 aromatic rings. The Kier molecular flexibility index (Phi) is 4.53. The quantitative estimate of drug-likeness (QED) is 0.862. The molecule has 90 valence electrons. The molecule has 17 heavy (non-hydrogen) atoms. The van der Waals surface area contributed by atoms with Crippen LogP contribution in [0.3, 0.4) is 0 Å². The maximum absolute atomic E-state index is 12.1. The third kappa shape index (κ3) is 3.22. The Balaban J connectivity index is 2.86. The molecule has 0 saturated carbocycles. The third-order valence-electron chi connectivity index (χ3n) is 2.65. The van der Waals surface area contributed by atoms with Gasteiger partial charge in [-0.2, -0.15) is 5.26 Å². The molecule has 0 aliphatic heterocycles. The molecular weight excluding hydrogens is 214 g/mol. The third-order valence-corrected chi connectivity index (χ3v) is 2.65. The second-order valence-electron chi connectivity index (χ2n) is 3.91. The van der Waals surface area contributed by atoms with Crippen LogP contribution in [0.2, 0.25) is 0 Å². The summed E-state index contributed by atoms with van der Waals surface area (Å²) >= 11 is 0. The second-order valence-corrected chi connectivity index (χ2v) is 3.91. The van der Waals surface area contributed by atoms with Gasteiger partial charge >= 0.3 is 0 Å². The van der Waals surface area contributed by atoms with E-state index in [4.69, 9.17) is 5.26 Å². The van der Waals surface area contributed by atoms with Crippen LogP contribution in [0.25, 0.3) is 0 Å². The predicted molar refractivity (Wildman–Crippen MR) is 67.9 cm³/mol. The molecule has 0 unspecified atom stereocenters. The molecule has 4 heteroatoms. The Morgan fingerprint density at radius 2 is 2.24 bits per heavy atom. The van der Waals surface area contributed by atoms with Crippen LogP contribution in [0.15, 0.2) is 18.2 Å². The average Bonchev–Trinajstić information content (AvgIpc) is 2.34. The van der Waals surface area contributed by atoms with Crippen molar-refractivity contribution >= 4 is 11.6 Å². The van der Waals surface area contributed by atoms with E-state index in [0.717, 1.165) is 11.3 Å². The number of amides is 1. The predicted octanol–water partition coefficient (Wildman–Crippen LogP) is 2.02. The summed E-state index contributed by atoms with van der Waals surface area (Å²) < 4.78 is 0. The lowest BCUT2D eigenvalue weighted by molar-refractivity contribution is 0.0797. The molecule has 1 N–H and O–H groups in total. The fourth-order valence-corrected chi connectivity index (χ4v) is 1.58.